The van der Waals surface area contributed by atoms with Crippen molar-refractivity contribution in [2.24, 2.45) is 0 Å². The minimum Gasteiger partial charge on any atom is -0.365 e. The van der Waals surface area contributed by atoms with Crippen molar-refractivity contribution in [2.45, 2.75) is 78.8 Å². The summed E-state index contributed by atoms with van der Waals surface area (Å²) >= 11 is 0. The standard InChI is InChI=1S/C14H26O4/c1-9(17-13(3,4)5)11(15)12(16)10(2)18-14(6,7)8/h9-10H,1-8H3. The van der Waals surface area contributed by atoms with Crippen LogP contribution in [0, 0.1) is 0 Å². The zero-order valence-corrected chi connectivity index (χ0v) is 12.8. The van der Waals surface area contributed by atoms with E-state index in [2.05, 4.69) is 0 Å². The molecule has 2 unspecified atom stereocenters. The van der Waals surface area contributed by atoms with Crippen LogP contribution in [0.2, 0.25) is 0 Å². The van der Waals surface area contributed by atoms with Gasteiger partial charge in [-0.05, 0) is 55.4 Å². The number of rotatable bonds is 5. The van der Waals surface area contributed by atoms with Crippen LogP contribution >= 0.6 is 0 Å². The first kappa shape index (κ1) is 17.3. The SMILES string of the molecule is CC(OC(C)(C)C)C(=O)C(=O)C(C)OC(C)(C)C. The van der Waals surface area contributed by atoms with Crippen LogP contribution in [0.5, 0.6) is 0 Å². The van der Waals surface area contributed by atoms with Crippen LogP contribution < -0.4 is 0 Å². The van der Waals surface area contributed by atoms with Crippen molar-refractivity contribution in [3.63, 3.8) is 0 Å². The second-order valence-corrected chi connectivity index (χ2v) is 6.47. The maximum absolute atomic E-state index is 11.9. The fraction of sp³-hybridized carbons (Fsp3) is 0.857. The van der Waals surface area contributed by atoms with E-state index in [0.29, 0.717) is 0 Å². The van der Waals surface area contributed by atoms with Gasteiger partial charge in [0.2, 0.25) is 11.6 Å². The van der Waals surface area contributed by atoms with Gasteiger partial charge in [0, 0.05) is 0 Å². The largest absolute Gasteiger partial charge is 0.365 e. The van der Waals surface area contributed by atoms with Gasteiger partial charge in [0.05, 0.1) is 11.2 Å². The van der Waals surface area contributed by atoms with E-state index in [4.69, 9.17) is 9.47 Å². The quantitative estimate of drug-likeness (QED) is 0.711. The number of ether oxygens (including phenoxy) is 2. The van der Waals surface area contributed by atoms with E-state index < -0.39 is 35.0 Å². The molecular formula is C14H26O4. The summed E-state index contributed by atoms with van der Waals surface area (Å²) in [7, 11) is 0. The van der Waals surface area contributed by atoms with E-state index in [-0.39, 0.29) is 0 Å². The minimum absolute atomic E-state index is 0.455. The molecule has 0 aliphatic heterocycles. The lowest BCUT2D eigenvalue weighted by molar-refractivity contribution is -0.157. The zero-order valence-electron chi connectivity index (χ0n) is 12.8. The van der Waals surface area contributed by atoms with Gasteiger partial charge in [0.1, 0.15) is 12.2 Å². The lowest BCUT2D eigenvalue weighted by atomic mass is 10.1. The van der Waals surface area contributed by atoms with Gasteiger partial charge in [-0.15, -0.1) is 0 Å². The Kier molecular flexibility index (Phi) is 5.69. The predicted octanol–water partition coefficient (Wildman–Crippen LogP) is 2.53. The molecule has 0 heterocycles. The Bertz CT molecular complexity index is 275. The van der Waals surface area contributed by atoms with Gasteiger partial charge < -0.3 is 9.47 Å². The van der Waals surface area contributed by atoms with Gasteiger partial charge in [-0.25, -0.2) is 0 Å². The molecule has 0 aliphatic rings. The van der Waals surface area contributed by atoms with E-state index in [9.17, 15) is 9.59 Å². The molecule has 0 aliphatic carbocycles. The monoisotopic (exact) mass is 258 g/mol. The van der Waals surface area contributed by atoms with Gasteiger partial charge in [-0.3, -0.25) is 9.59 Å². The topological polar surface area (TPSA) is 52.6 Å². The lowest BCUT2D eigenvalue weighted by Gasteiger charge is -2.26. The maximum atomic E-state index is 11.9. The van der Waals surface area contributed by atoms with Crippen LogP contribution in [0.15, 0.2) is 0 Å². The summed E-state index contributed by atoms with van der Waals surface area (Å²) in [4.78, 5) is 23.8. The Morgan fingerprint density at radius 3 is 1.11 bits per heavy atom. The Labute approximate surface area is 110 Å². The lowest BCUT2D eigenvalue weighted by Crippen LogP contribution is -2.41. The molecule has 0 aromatic carbocycles. The van der Waals surface area contributed by atoms with Gasteiger partial charge in [0.25, 0.3) is 0 Å². The number of carbonyl (C=O) groups is 2. The van der Waals surface area contributed by atoms with Gasteiger partial charge in [0.15, 0.2) is 0 Å². The minimum atomic E-state index is -0.747. The second-order valence-electron chi connectivity index (χ2n) is 6.47. The Morgan fingerprint density at radius 2 is 0.944 bits per heavy atom. The molecule has 0 spiro atoms. The van der Waals surface area contributed by atoms with Crippen LogP contribution in [0.4, 0.5) is 0 Å². The van der Waals surface area contributed by atoms with Crippen LogP contribution in [0.1, 0.15) is 55.4 Å². The average molecular weight is 258 g/mol. The van der Waals surface area contributed by atoms with Crippen LogP contribution in [-0.4, -0.2) is 35.0 Å². The van der Waals surface area contributed by atoms with Crippen molar-refractivity contribution < 1.29 is 19.1 Å². The normalized spacial score (nSPS) is 16.2. The molecule has 18 heavy (non-hydrogen) atoms. The summed E-state index contributed by atoms with van der Waals surface area (Å²) in [6.07, 6.45) is -1.49. The van der Waals surface area contributed by atoms with Gasteiger partial charge in [-0.1, -0.05) is 0 Å². The molecule has 2 atom stereocenters. The highest BCUT2D eigenvalue weighted by Gasteiger charge is 2.31. The van der Waals surface area contributed by atoms with Crippen molar-refractivity contribution in [2.75, 3.05) is 0 Å². The summed E-state index contributed by atoms with van der Waals surface area (Å²) < 4.78 is 10.9. The number of hydrogen-bond donors (Lipinski definition) is 0. The highest BCUT2D eigenvalue weighted by atomic mass is 16.5. The van der Waals surface area contributed by atoms with E-state index in [1.807, 2.05) is 41.5 Å². The molecule has 4 nitrogen and oxygen atoms in total. The molecule has 106 valence electrons. The van der Waals surface area contributed by atoms with Crippen LogP contribution in [0.25, 0.3) is 0 Å². The molecule has 0 aromatic rings. The van der Waals surface area contributed by atoms with Crippen molar-refractivity contribution in [1.82, 2.24) is 0 Å². The Morgan fingerprint density at radius 1 is 0.722 bits per heavy atom. The zero-order chi connectivity index (χ0) is 14.7. The third kappa shape index (κ3) is 6.87. The molecule has 0 saturated carbocycles. The smallest absolute Gasteiger partial charge is 0.229 e. The molecule has 0 radical (unpaired) electrons. The van der Waals surface area contributed by atoms with Crippen molar-refractivity contribution in [3.05, 3.63) is 0 Å². The van der Waals surface area contributed by atoms with Gasteiger partial charge in [-0.2, -0.15) is 0 Å². The molecule has 0 aromatic heterocycles. The summed E-state index contributed by atoms with van der Waals surface area (Å²) in [5, 5.41) is 0. The summed E-state index contributed by atoms with van der Waals surface area (Å²) in [6.45, 7) is 14.2. The fourth-order valence-corrected chi connectivity index (χ4v) is 1.57. The Balaban J connectivity index is 4.56. The average Bonchev–Trinajstić information content (AvgIpc) is 2.09. The number of carbonyl (C=O) groups excluding carboxylic acids is 2. The first-order valence-electron chi connectivity index (χ1n) is 6.27. The molecule has 0 rings (SSSR count). The first-order valence-corrected chi connectivity index (χ1v) is 6.27. The molecule has 4 heteroatoms. The molecule has 0 N–H and O–H groups in total. The summed E-state index contributed by atoms with van der Waals surface area (Å²) in [5.74, 6) is -1.08. The molecule has 0 saturated heterocycles. The highest BCUT2D eigenvalue weighted by molar-refractivity contribution is 6.40. The summed E-state index contributed by atoms with van der Waals surface area (Å²) in [5.41, 5.74) is -0.910. The predicted molar refractivity (Wildman–Crippen MR) is 70.6 cm³/mol. The summed E-state index contributed by atoms with van der Waals surface area (Å²) in [6, 6.07) is 0. The van der Waals surface area contributed by atoms with E-state index in [1.54, 1.807) is 13.8 Å². The molecular weight excluding hydrogens is 232 g/mol. The van der Waals surface area contributed by atoms with E-state index in [0.717, 1.165) is 0 Å². The van der Waals surface area contributed by atoms with Crippen molar-refractivity contribution >= 4 is 11.6 Å². The number of Topliss-reactive ketones (excluding diaryl/α,β-unsaturated/α-hetero) is 2. The maximum Gasteiger partial charge on any atom is 0.229 e. The molecule has 0 fully saturated rings. The van der Waals surface area contributed by atoms with E-state index >= 15 is 0 Å². The highest BCUT2D eigenvalue weighted by Crippen LogP contribution is 2.15. The number of ketones is 2. The molecule has 0 bridgehead atoms. The third-order valence-corrected chi connectivity index (χ3v) is 2.04. The van der Waals surface area contributed by atoms with Crippen LogP contribution in [0.3, 0.4) is 0 Å². The third-order valence-electron chi connectivity index (χ3n) is 2.04. The van der Waals surface area contributed by atoms with Crippen LogP contribution in [-0.2, 0) is 19.1 Å². The Hall–Kier alpha value is -0.740. The van der Waals surface area contributed by atoms with E-state index in [1.165, 1.54) is 0 Å². The first-order chi connectivity index (χ1) is 7.83. The number of hydrogen-bond acceptors (Lipinski definition) is 4. The fourth-order valence-electron chi connectivity index (χ4n) is 1.57. The van der Waals surface area contributed by atoms with Crippen molar-refractivity contribution in [3.8, 4) is 0 Å². The van der Waals surface area contributed by atoms with Crippen molar-refractivity contribution in [1.29, 1.82) is 0 Å². The molecule has 0 amide bonds. The second kappa shape index (κ2) is 5.93. The van der Waals surface area contributed by atoms with Gasteiger partial charge >= 0.3 is 0 Å².